The van der Waals surface area contributed by atoms with Crippen molar-refractivity contribution in [3.63, 3.8) is 0 Å². The number of aromatic nitrogens is 6. The minimum absolute atomic E-state index is 0.684. The van der Waals surface area contributed by atoms with Crippen LogP contribution >= 0.6 is 15.9 Å². The largest absolute Gasteiger partial charge is 0.242 e. The van der Waals surface area contributed by atoms with Crippen LogP contribution in [0.15, 0.2) is 46.9 Å². The van der Waals surface area contributed by atoms with E-state index in [4.69, 9.17) is 29.9 Å². The highest BCUT2D eigenvalue weighted by Crippen LogP contribution is 2.34. The third kappa shape index (κ3) is 3.01. The van der Waals surface area contributed by atoms with Crippen molar-refractivity contribution in [1.82, 2.24) is 29.9 Å². The van der Waals surface area contributed by atoms with Gasteiger partial charge in [-0.1, -0.05) is 15.9 Å². The Bertz CT molecular complexity index is 2020. The molecular weight excluding hydrogens is 500 g/mol. The number of hydrogen-bond acceptors (Lipinski definition) is 6. The molecule has 0 spiro atoms. The molecule has 0 atom stereocenters. The number of halogens is 1. The molecule has 7 rings (SSSR count). The van der Waals surface area contributed by atoms with Crippen molar-refractivity contribution in [1.29, 1.82) is 0 Å². The molecule has 0 amide bonds. The zero-order valence-corrected chi connectivity index (χ0v) is 21.2. The Morgan fingerprint density at radius 2 is 0.686 bits per heavy atom. The Morgan fingerprint density at radius 3 is 1.03 bits per heavy atom. The molecule has 0 saturated carbocycles. The minimum Gasteiger partial charge on any atom is -0.242 e. The number of aryl methyl sites for hydroxylation is 4. The van der Waals surface area contributed by atoms with Crippen LogP contribution in [-0.4, -0.2) is 29.9 Å². The Balaban J connectivity index is 1.77. The number of benzene rings is 4. The van der Waals surface area contributed by atoms with Gasteiger partial charge >= 0.3 is 0 Å². The third-order valence-electron chi connectivity index (χ3n) is 6.86. The van der Waals surface area contributed by atoms with Crippen LogP contribution in [0.2, 0.25) is 0 Å². The van der Waals surface area contributed by atoms with Crippen molar-refractivity contribution in [3.05, 3.63) is 69.2 Å². The molecule has 0 aliphatic carbocycles. The van der Waals surface area contributed by atoms with Crippen LogP contribution in [0, 0.1) is 27.7 Å². The first-order valence-electron chi connectivity index (χ1n) is 11.4. The van der Waals surface area contributed by atoms with Gasteiger partial charge in [-0.05, 0) is 92.4 Å². The van der Waals surface area contributed by atoms with Crippen LogP contribution in [0.1, 0.15) is 22.3 Å². The summed E-state index contributed by atoms with van der Waals surface area (Å²) in [5, 5.41) is 0. The normalized spacial score (nSPS) is 12.1. The summed E-state index contributed by atoms with van der Waals surface area (Å²) in [6.07, 6.45) is 0. The average molecular weight is 519 g/mol. The lowest BCUT2D eigenvalue weighted by Gasteiger charge is -2.11. The van der Waals surface area contributed by atoms with Crippen LogP contribution < -0.4 is 0 Å². The quantitative estimate of drug-likeness (QED) is 0.159. The Morgan fingerprint density at radius 1 is 0.400 bits per heavy atom. The molecule has 0 N–H and O–H groups in total. The van der Waals surface area contributed by atoms with E-state index in [1.54, 1.807) is 0 Å². The van der Waals surface area contributed by atoms with Gasteiger partial charge in [0.15, 0.2) is 0 Å². The second-order valence-electron chi connectivity index (χ2n) is 9.25. The van der Waals surface area contributed by atoms with Gasteiger partial charge in [-0.15, -0.1) is 0 Å². The van der Waals surface area contributed by atoms with E-state index in [2.05, 4.69) is 67.9 Å². The maximum Gasteiger partial charge on any atom is 0.120 e. The fourth-order valence-electron chi connectivity index (χ4n) is 4.64. The number of fused-ring (bicyclic) bond motifs is 9. The first-order chi connectivity index (χ1) is 16.9. The maximum absolute atomic E-state index is 5.06. The van der Waals surface area contributed by atoms with Crippen molar-refractivity contribution in [2.45, 2.75) is 27.7 Å². The van der Waals surface area contributed by atoms with Crippen molar-refractivity contribution >= 4 is 82.1 Å². The lowest BCUT2D eigenvalue weighted by atomic mass is 10.1. The lowest BCUT2D eigenvalue weighted by molar-refractivity contribution is 1.29. The van der Waals surface area contributed by atoms with Gasteiger partial charge in [0.2, 0.25) is 0 Å². The predicted molar refractivity (Wildman–Crippen MR) is 145 cm³/mol. The smallest absolute Gasteiger partial charge is 0.120 e. The molecule has 3 aromatic heterocycles. The second kappa shape index (κ2) is 7.09. The molecule has 0 fully saturated rings. The van der Waals surface area contributed by atoms with Crippen molar-refractivity contribution in [2.24, 2.45) is 0 Å². The molecule has 0 aliphatic rings. The van der Waals surface area contributed by atoms with Gasteiger partial charge in [0.25, 0.3) is 0 Å². The van der Waals surface area contributed by atoms with Gasteiger partial charge < -0.3 is 0 Å². The fraction of sp³-hybridized carbons (Fsp3) is 0.143. The van der Waals surface area contributed by atoms with Gasteiger partial charge in [0.1, 0.15) is 33.1 Å². The SMILES string of the molecule is Cc1cc2nc3c4nc5ccc(Br)cc5nc4c4nc5cc(C)c(C)cc5nc4c3nc2cc1C. The predicted octanol–water partition coefficient (Wildman–Crippen LogP) is 6.97. The molecule has 4 aromatic carbocycles. The van der Waals surface area contributed by atoms with Crippen molar-refractivity contribution in [2.75, 3.05) is 0 Å². The van der Waals surface area contributed by atoms with Gasteiger partial charge in [0.05, 0.1) is 33.1 Å². The molecule has 7 heteroatoms. The molecule has 0 unspecified atom stereocenters. The van der Waals surface area contributed by atoms with Crippen molar-refractivity contribution in [3.8, 4) is 0 Å². The van der Waals surface area contributed by atoms with Crippen LogP contribution in [0.25, 0.3) is 66.2 Å². The van der Waals surface area contributed by atoms with E-state index in [1.165, 1.54) is 22.3 Å². The van der Waals surface area contributed by atoms with E-state index in [9.17, 15) is 0 Å². The van der Waals surface area contributed by atoms with Gasteiger partial charge in [-0.25, -0.2) is 29.9 Å². The molecule has 0 radical (unpaired) electrons. The molecule has 0 aliphatic heterocycles. The molecule has 3 heterocycles. The molecule has 0 saturated heterocycles. The monoisotopic (exact) mass is 518 g/mol. The molecule has 0 bridgehead atoms. The summed E-state index contributed by atoms with van der Waals surface area (Å²) in [7, 11) is 0. The Hall–Kier alpha value is -3.84. The van der Waals surface area contributed by atoms with Gasteiger partial charge in [-0.3, -0.25) is 0 Å². The fourth-order valence-corrected chi connectivity index (χ4v) is 4.99. The Kier molecular flexibility index (Phi) is 4.16. The third-order valence-corrected chi connectivity index (χ3v) is 7.35. The van der Waals surface area contributed by atoms with E-state index in [1.807, 2.05) is 18.2 Å². The van der Waals surface area contributed by atoms with E-state index in [0.29, 0.717) is 33.1 Å². The van der Waals surface area contributed by atoms with Crippen LogP contribution in [0.3, 0.4) is 0 Å². The summed E-state index contributed by atoms with van der Waals surface area (Å²) in [6.45, 7) is 8.36. The standard InChI is InChI=1S/C28H19BrN6/c1-12-7-18-19(8-13(12)2)32-26-24(31-18)23-25(35-22-11-16(29)5-6-17(22)30-23)27-28(26)34-21-10-15(4)14(3)9-20(21)33-27/h5-11H,1-4H3. The van der Waals surface area contributed by atoms with E-state index in [-0.39, 0.29) is 0 Å². The lowest BCUT2D eigenvalue weighted by Crippen LogP contribution is -2.00. The maximum atomic E-state index is 5.06. The summed E-state index contributed by atoms with van der Waals surface area (Å²) in [6, 6.07) is 14.2. The molecular formula is C28H19BrN6. The summed E-state index contributed by atoms with van der Waals surface area (Å²) >= 11 is 3.55. The highest BCUT2D eigenvalue weighted by atomic mass is 79.9. The zero-order chi connectivity index (χ0) is 24.0. The zero-order valence-electron chi connectivity index (χ0n) is 19.6. The van der Waals surface area contributed by atoms with Crippen LogP contribution in [0.4, 0.5) is 0 Å². The first kappa shape index (κ1) is 20.5. The van der Waals surface area contributed by atoms with Crippen LogP contribution in [-0.2, 0) is 0 Å². The molecule has 7 aromatic rings. The van der Waals surface area contributed by atoms with Gasteiger partial charge in [0, 0.05) is 4.47 Å². The van der Waals surface area contributed by atoms with E-state index >= 15 is 0 Å². The molecule has 168 valence electrons. The van der Waals surface area contributed by atoms with E-state index < -0.39 is 0 Å². The summed E-state index contributed by atoms with van der Waals surface area (Å²) < 4.78 is 0.947. The topological polar surface area (TPSA) is 77.3 Å². The summed E-state index contributed by atoms with van der Waals surface area (Å²) in [4.78, 5) is 30.2. The number of hydrogen-bond donors (Lipinski definition) is 0. The average Bonchev–Trinajstić information content (AvgIpc) is 2.83. The summed E-state index contributed by atoms with van der Waals surface area (Å²) in [5.41, 5.74) is 13.8. The number of nitrogens with zero attached hydrogens (tertiary/aromatic N) is 6. The summed E-state index contributed by atoms with van der Waals surface area (Å²) in [5.74, 6) is 0. The molecule has 35 heavy (non-hydrogen) atoms. The second-order valence-corrected chi connectivity index (χ2v) is 10.2. The first-order valence-corrected chi connectivity index (χ1v) is 12.2. The minimum atomic E-state index is 0.684. The number of rotatable bonds is 0. The van der Waals surface area contributed by atoms with Gasteiger partial charge in [-0.2, -0.15) is 0 Å². The highest BCUT2D eigenvalue weighted by molar-refractivity contribution is 9.10. The Labute approximate surface area is 208 Å². The van der Waals surface area contributed by atoms with Crippen molar-refractivity contribution < 1.29 is 0 Å². The highest BCUT2D eigenvalue weighted by Gasteiger charge is 2.19. The molecule has 6 nitrogen and oxygen atoms in total. The van der Waals surface area contributed by atoms with Crippen LogP contribution in [0.5, 0.6) is 0 Å². The van der Waals surface area contributed by atoms with E-state index in [0.717, 1.165) is 37.6 Å².